The molecule has 0 aliphatic heterocycles. The quantitative estimate of drug-likeness (QED) is 0.847. The maximum absolute atomic E-state index is 11.2. The second-order valence-corrected chi connectivity index (χ2v) is 4.70. The van der Waals surface area contributed by atoms with Gasteiger partial charge in [0.15, 0.2) is 0 Å². The molecular formula is C13H18N2O2. The van der Waals surface area contributed by atoms with E-state index in [0.717, 1.165) is 5.92 Å². The van der Waals surface area contributed by atoms with E-state index in [1.54, 1.807) is 18.3 Å². The molecule has 1 amide bonds. The highest BCUT2D eigenvalue weighted by molar-refractivity contribution is 5.94. The van der Waals surface area contributed by atoms with Gasteiger partial charge < -0.3 is 10.5 Å². The van der Waals surface area contributed by atoms with Crippen molar-refractivity contribution in [2.45, 2.75) is 26.2 Å². The smallest absolute Gasteiger partial charge is 0.254 e. The van der Waals surface area contributed by atoms with E-state index in [4.69, 9.17) is 10.5 Å². The summed E-state index contributed by atoms with van der Waals surface area (Å²) >= 11 is 0. The highest BCUT2D eigenvalue weighted by Gasteiger charge is 2.24. The lowest BCUT2D eigenvalue weighted by molar-refractivity contribution is 0.0990. The van der Waals surface area contributed by atoms with Crippen LogP contribution in [-0.4, -0.2) is 17.5 Å². The van der Waals surface area contributed by atoms with Gasteiger partial charge in [-0.05, 0) is 24.0 Å². The Morgan fingerprint density at radius 3 is 3.00 bits per heavy atom. The van der Waals surface area contributed by atoms with Gasteiger partial charge in [-0.15, -0.1) is 0 Å². The molecular weight excluding hydrogens is 216 g/mol. The van der Waals surface area contributed by atoms with Crippen molar-refractivity contribution in [2.75, 3.05) is 6.61 Å². The molecule has 92 valence electrons. The average Bonchev–Trinajstić information content (AvgIpc) is 2.24. The Morgan fingerprint density at radius 2 is 2.41 bits per heavy atom. The molecule has 1 heterocycles. The van der Waals surface area contributed by atoms with E-state index in [0.29, 0.717) is 24.0 Å². The van der Waals surface area contributed by atoms with Crippen molar-refractivity contribution < 1.29 is 9.53 Å². The molecule has 0 aromatic carbocycles. The van der Waals surface area contributed by atoms with E-state index in [9.17, 15) is 4.79 Å². The minimum Gasteiger partial charge on any atom is -0.477 e. The summed E-state index contributed by atoms with van der Waals surface area (Å²) in [5, 5.41) is 0. The number of ether oxygens (including phenoxy) is 1. The lowest BCUT2D eigenvalue weighted by atomic mass is 9.77. The van der Waals surface area contributed by atoms with E-state index in [-0.39, 0.29) is 0 Å². The van der Waals surface area contributed by atoms with Gasteiger partial charge in [-0.1, -0.05) is 26.2 Å². The SMILES string of the molecule is CC(COc1ncccc1C(N)=O)C1CCC1. The van der Waals surface area contributed by atoms with Crippen LogP contribution in [0.15, 0.2) is 18.3 Å². The Morgan fingerprint density at radius 1 is 1.65 bits per heavy atom. The van der Waals surface area contributed by atoms with Crippen LogP contribution in [0.2, 0.25) is 0 Å². The van der Waals surface area contributed by atoms with Crippen LogP contribution in [0.3, 0.4) is 0 Å². The van der Waals surface area contributed by atoms with Crippen molar-refractivity contribution in [1.82, 2.24) is 4.98 Å². The highest BCUT2D eigenvalue weighted by atomic mass is 16.5. The molecule has 1 aliphatic rings. The predicted molar refractivity (Wildman–Crippen MR) is 64.8 cm³/mol. The Labute approximate surface area is 101 Å². The zero-order chi connectivity index (χ0) is 12.3. The summed E-state index contributed by atoms with van der Waals surface area (Å²) in [6, 6.07) is 3.32. The van der Waals surface area contributed by atoms with E-state index >= 15 is 0 Å². The van der Waals surface area contributed by atoms with Crippen molar-refractivity contribution in [3.05, 3.63) is 23.9 Å². The minimum absolute atomic E-state index is 0.353. The van der Waals surface area contributed by atoms with E-state index < -0.39 is 5.91 Å². The molecule has 4 heteroatoms. The Hall–Kier alpha value is -1.58. The van der Waals surface area contributed by atoms with Crippen LogP contribution in [-0.2, 0) is 0 Å². The lowest BCUT2D eigenvalue weighted by Crippen LogP contribution is -2.25. The van der Waals surface area contributed by atoms with Gasteiger partial charge in [0, 0.05) is 6.20 Å². The number of hydrogen-bond acceptors (Lipinski definition) is 3. The van der Waals surface area contributed by atoms with E-state index in [1.807, 2.05) is 0 Å². The zero-order valence-corrected chi connectivity index (χ0v) is 10.1. The van der Waals surface area contributed by atoms with Crippen LogP contribution in [0.25, 0.3) is 0 Å². The van der Waals surface area contributed by atoms with Crippen molar-refractivity contribution in [1.29, 1.82) is 0 Å². The number of nitrogens with zero attached hydrogens (tertiary/aromatic N) is 1. The second kappa shape index (κ2) is 5.17. The van der Waals surface area contributed by atoms with Gasteiger partial charge in [-0.3, -0.25) is 4.79 Å². The summed E-state index contributed by atoms with van der Waals surface area (Å²) < 4.78 is 5.61. The topological polar surface area (TPSA) is 65.2 Å². The first-order valence-electron chi connectivity index (χ1n) is 6.06. The predicted octanol–water partition coefficient (Wildman–Crippen LogP) is 2.00. The zero-order valence-electron chi connectivity index (χ0n) is 10.1. The van der Waals surface area contributed by atoms with Crippen LogP contribution >= 0.6 is 0 Å². The number of carbonyl (C=O) groups is 1. The number of aromatic nitrogens is 1. The van der Waals surface area contributed by atoms with E-state index in [2.05, 4.69) is 11.9 Å². The van der Waals surface area contributed by atoms with Crippen molar-refractivity contribution in [3.63, 3.8) is 0 Å². The molecule has 0 saturated heterocycles. The molecule has 2 N–H and O–H groups in total. The number of carbonyl (C=O) groups excluding carboxylic acids is 1. The molecule has 0 spiro atoms. The van der Waals surface area contributed by atoms with Gasteiger partial charge in [0.2, 0.25) is 5.88 Å². The molecule has 1 aromatic rings. The van der Waals surface area contributed by atoms with Crippen molar-refractivity contribution in [2.24, 2.45) is 17.6 Å². The Bertz CT molecular complexity index is 402. The summed E-state index contributed by atoms with van der Waals surface area (Å²) in [5.74, 6) is 1.12. The van der Waals surface area contributed by atoms with Gasteiger partial charge in [0.05, 0.1) is 6.61 Å². The van der Waals surface area contributed by atoms with Crippen LogP contribution < -0.4 is 10.5 Å². The molecule has 0 bridgehead atoms. The third-order valence-corrected chi connectivity index (χ3v) is 3.47. The fraction of sp³-hybridized carbons (Fsp3) is 0.538. The minimum atomic E-state index is -0.496. The molecule has 1 aliphatic carbocycles. The number of nitrogens with two attached hydrogens (primary N) is 1. The number of primary amides is 1. The molecule has 1 fully saturated rings. The van der Waals surface area contributed by atoms with Crippen LogP contribution in [0.1, 0.15) is 36.5 Å². The van der Waals surface area contributed by atoms with Crippen LogP contribution in [0, 0.1) is 11.8 Å². The standard InChI is InChI=1S/C13H18N2O2/c1-9(10-4-2-5-10)8-17-13-11(12(14)16)6-3-7-15-13/h3,6-7,9-10H,2,4-5,8H2,1H3,(H2,14,16). The molecule has 17 heavy (non-hydrogen) atoms. The van der Waals surface area contributed by atoms with Crippen molar-refractivity contribution >= 4 is 5.91 Å². The van der Waals surface area contributed by atoms with Gasteiger partial charge in [-0.2, -0.15) is 0 Å². The van der Waals surface area contributed by atoms with Gasteiger partial charge in [0.1, 0.15) is 5.56 Å². The Kier molecular flexibility index (Phi) is 3.61. The monoisotopic (exact) mass is 234 g/mol. The fourth-order valence-corrected chi connectivity index (χ4v) is 2.05. The van der Waals surface area contributed by atoms with Gasteiger partial charge in [0.25, 0.3) is 5.91 Å². The number of hydrogen-bond donors (Lipinski definition) is 1. The second-order valence-electron chi connectivity index (χ2n) is 4.70. The molecule has 1 aromatic heterocycles. The first-order valence-corrected chi connectivity index (χ1v) is 6.06. The molecule has 4 nitrogen and oxygen atoms in total. The summed E-state index contributed by atoms with van der Waals surface area (Å²) in [7, 11) is 0. The van der Waals surface area contributed by atoms with Crippen LogP contribution in [0.5, 0.6) is 5.88 Å². The van der Waals surface area contributed by atoms with Crippen molar-refractivity contribution in [3.8, 4) is 5.88 Å². The molecule has 2 rings (SSSR count). The molecule has 1 atom stereocenters. The summed E-state index contributed by atoms with van der Waals surface area (Å²) in [5.41, 5.74) is 5.61. The number of amides is 1. The molecule has 0 radical (unpaired) electrons. The third kappa shape index (κ3) is 2.75. The highest BCUT2D eigenvalue weighted by Crippen LogP contribution is 2.33. The largest absolute Gasteiger partial charge is 0.477 e. The Balaban J connectivity index is 1.95. The normalized spacial score (nSPS) is 17.2. The van der Waals surface area contributed by atoms with Gasteiger partial charge in [-0.25, -0.2) is 4.98 Å². The number of rotatable bonds is 5. The average molecular weight is 234 g/mol. The summed E-state index contributed by atoms with van der Waals surface area (Å²) in [6.07, 6.45) is 5.51. The maximum atomic E-state index is 11.2. The lowest BCUT2D eigenvalue weighted by Gasteiger charge is -2.31. The third-order valence-electron chi connectivity index (χ3n) is 3.47. The van der Waals surface area contributed by atoms with E-state index in [1.165, 1.54) is 19.3 Å². The molecule has 1 saturated carbocycles. The first kappa shape index (κ1) is 11.9. The summed E-state index contributed by atoms with van der Waals surface area (Å²) in [6.45, 7) is 2.78. The summed E-state index contributed by atoms with van der Waals surface area (Å²) in [4.78, 5) is 15.2. The molecule has 1 unspecified atom stereocenters. The van der Waals surface area contributed by atoms with Crippen LogP contribution in [0.4, 0.5) is 0 Å². The first-order chi connectivity index (χ1) is 8.18. The maximum Gasteiger partial charge on any atom is 0.254 e. The van der Waals surface area contributed by atoms with Gasteiger partial charge >= 0.3 is 0 Å². The fourth-order valence-electron chi connectivity index (χ4n) is 2.05. The number of pyridine rings is 1.